The van der Waals surface area contributed by atoms with Crippen molar-refractivity contribution in [1.29, 1.82) is 0 Å². The van der Waals surface area contributed by atoms with Crippen LogP contribution in [0.25, 0.3) is 0 Å². The van der Waals surface area contributed by atoms with Gasteiger partial charge in [-0.3, -0.25) is 0 Å². The van der Waals surface area contributed by atoms with Crippen LogP contribution in [-0.4, -0.2) is 37.5 Å². The van der Waals surface area contributed by atoms with Gasteiger partial charge in [-0.15, -0.1) is 0 Å². The Hall–Kier alpha value is -0.120. The molecule has 0 bridgehead atoms. The van der Waals surface area contributed by atoms with Crippen LogP contribution in [0.2, 0.25) is 0 Å². The average molecular weight is 245 g/mol. The molecule has 0 rings (SSSR count). The van der Waals surface area contributed by atoms with E-state index in [2.05, 4.69) is 46.9 Å². The van der Waals surface area contributed by atoms with E-state index in [1.54, 1.807) is 7.11 Å². The quantitative estimate of drug-likeness (QED) is 0.713. The van der Waals surface area contributed by atoms with Crippen molar-refractivity contribution in [3.63, 3.8) is 0 Å². The van der Waals surface area contributed by atoms with E-state index >= 15 is 0 Å². The Labute approximate surface area is 107 Å². The van der Waals surface area contributed by atoms with Crippen molar-refractivity contribution >= 4 is 0 Å². The van der Waals surface area contributed by atoms with Gasteiger partial charge in [0.25, 0.3) is 0 Å². The number of likely N-dealkylation sites (N-methyl/N-ethyl adjacent to an activating group) is 1. The third-order valence-corrected chi connectivity index (χ3v) is 2.86. The molecule has 1 N–H and O–H groups in total. The minimum atomic E-state index is -0.0650. The van der Waals surface area contributed by atoms with E-state index in [9.17, 15) is 0 Å². The molecule has 0 radical (unpaired) electrons. The van der Waals surface area contributed by atoms with Gasteiger partial charge in [0.1, 0.15) is 0 Å². The first-order chi connectivity index (χ1) is 7.70. The van der Waals surface area contributed by atoms with Crippen LogP contribution in [0.15, 0.2) is 0 Å². The molecule has 1 atom stereocenters. The summed E-state index contributed by atoms with van der Waals surface area (Å²) < 4.78 is 11.3. The summed E-state index contributed by atoms with van der Waals surface area (Å²) in [6.07, 6.45) is 2.11. The molecule has 0 fully saturated rings. The highest BCUT2D eigenvalue weighted by Gasteiger charge is 2.20. The van der Waals surface area contributed by atoms with Gasteiger partial charge in [-0.1, -0.05) is 6.92 Å². The van der Waals surface area contributed by atoms with Crippen LogP contribution in [0.5, 0.6) is 0 Å². The van der Waals surface area contributed by atoms with Crippen LogP contribution in [-0.2, 0) is 9.47 Å². The Morgan fingerprint density at radius 2 is 1.71 bits per heavy atom. The van der Waals surface area contributed by atoms with Crippen molar-refractivity contribution in [2.24, 2.45) is 0 Å². The largest absolute Gasteiger partial charge is 0.379 e. The molecule has 0 saturated heterocycles. The zero-order valence-corrected chi connectivity index (χ0v) is 12.7. The predicted octanol–water partition coefficient (Wildman–Crippen LogP) is 2.98. The minimum Gasteiger partial charge on any atom is -0.379 e. The van der Waals surface area contributed by atoms with E-state index in [4.69, 9.17) is 9.47 Å². The highest BCUT2D eigenvalue weighted by atomic mass is 16.5. The molecule has 0 aromatic rings. The Kier molecular flexibility index (Phi) is 7.29. The van der Waals surface area contributed by atoms with E-state index in [1.165, 1.54) is 0 Å². The number of nitrogens with one attached hydrogen (secondary N) is 1. The van der Waals surface area contributed by atoms with Crippen LogP contribution in [0.1, 0.15) is 54.4 Å². The summed E-state index contributed by atoms with van der Waals surface area (Å²) in [7, 11) is 1.77. The molecule has 0 heterocycles. The zero-order chi connectivity index (χ0) is 13.5. The number of rotatable bonds is 8. The average Bonchev–Trinajstić information content (AvgIpc) is 2.21. The molecule has 1 unspecified atom stereocenters. The second kappa shape index (κ2) is 7.34. The molecular weight excluding hydrogens is 214 g/mol. The highest BCUT2D eigenvalue weighted by Crippen LogP contribution is 2.17. The van der Waals surface area contributed by atoms with Crippen molar-refractivity contribution in [1.82, 2.24) is 5.32 Å². The van der Waals surface area contributed by atoms with Crippen molar-refractivity contribution in [2.45, 2.75) is 71.6 Å². The van der Waals surface area contributed by atoms with Gasteiger partial charge in [-0.2, -0.15) is 0 Å². The summed E-state index contributed by atoms with van der Waals surface area (Å²) in [5.74, 6) is 0. The molecule has 104 valence electrons. The van der Waals surface area contributed by atoms with E-state index in [0.29, 0.717) is 6.04 Å². The first kappa shape index (κ1) is 16.9. The Bertz CT molecular complexity index is 197. The van der Waals surface area contributed by atoms with Gasteiger partial charge in [0.2, 0.25) is 0 Å². The molecule has 3 nitrogen and oxygen atoms in total. The number of hydrogen-bond acceptors (Lipinski definition) is 3. The van der Waals surface area contributed by atoms with Gasteiger partial charge >= 0.3 is 0 Å². The fraction of sp³-hybridized carbons (Fsp3) is 1.00. The monoisotopic (exact) mass is 245 g/mol. The third kappa shape index (κ3) is 9.57. The topological polar surface area (TPSA) is 30.5 Å². The van der Waals surface area contributed by atoms with Crippen molar-refractivity contribution in [2.75, 3.05) is 20.3 Å². The molecule has 0 aromatic heterocycles. The minimum absolute atomic E-state index is 0.0462. The van der Waals surface area contributed by atoms with Crippen LogP contribution >= 0.6 is 0 Å². The summed E-state index contributed by atoms with van der Waals surface area (Å²) in [6, 6.07) is 0.411. The summed E-state index contributed by atoms with van der Waals surface area (Å²) in [4.78, 5) is 0. The normalized spacial score (nSPS) is 15.0. The van der Waals surface area contributed by atoms with Gasteiger partial charge in [0.15, 0.2) is 0 Å². The summed E-state index contributed by atoms with van der Waals surface area (Å²) in [5, 5.41) is 3.47. The van der Waals surface area contributed by atoms with Gasteiger partial charge in [-0.05, 0) is 54.0 Å². The van der Waals surface area contributed by atoms with Crippen LogP contribution in [0.4, 0.5) is 0 Å². The molecule has 0 aliphatic carbocycles. The lowest BCUT2D eigenvalue weighted by Crippen LogP contribution is -2.38. The molecule has 3 heteroatoms. The van der Waals surface area contributed by atoms with Crippen molar-refractivity contribution in [3.8, 4) is 0 Å². The lowest BCUT2D eigenvalue weighted by molar-refractivity contribution is -0.0235. The fourth-order valence-corrected chi connectivity index (χ4v) is 1.51. The Balaban J connectivity index is 4.07. The number of ether oxygens (including phenoxy) is 2. The molecule has 0 saturated carbocycles. The molecule has 0 aromatic carbocycles. The fourth-order valence-electron chi connectivity index (χ4n) is 1.51. The lowest BCUT2D eigenvalue weighted by atomic mass is 9.99. The molecule has 0 amide bonds. The second-order valence-corrected chi connectivity index (χ2v) is 6.18. The van der Waals surface area contributed by atoms with Crippen LogP contribution in [0.3, 0.4) is 0 Å². The summed E-state index contributed by atoms with van der Waals surface area (Å²) in [5.41, 5.74) is -0.111. The maximum Gasteiger partial charge on any atom is 0.0626 e. The summed E-state index contributed by atoms with van der Waals surface area (Å²) in [6.45, 7) is 14.4. The van der Waals surface area contributed by atoms with Gasteiger partial charge in [-0.25, -0.2) is 0 Å². The van der Waals surface area contributed by atoms with Crippen molar-refractivity contribution in [3.05, 3.63) is 0 Å². The highest BCUT2D eigenvalue weighted by molar-refractivity contribution is 4.75. The third-order valence-electron chi connectivity index (χ3n) is 2.86. The van der Waals surface area contributed by atoms with Gasteiger partial charge in [0, 0.05) is 13.2 Å². The zero-order valence-electron chi connectivity index (χ0n) is 12.7. The van der Waals surface area contributed by atoms with E-state index in [1.807, 2.05) is 0 Å². The van der Waals surface area contributed by atoms with E-state index < -0.39 is 0 Å². The molecule has 0 aliphatic heterocycles. The molecule has 0 aliphatic rings. The first-order valence-corrected chi connectivity index (χ1v) is 6.62. The van der Waals surface area contributed by atoms with Gasteiger partial charge in [0.05, 0.1) is 17.8 Å². The summed E-state index contributed by atoms with van der Waals surface area (Å²) >= 11 is 0. The van der Waals surface area contributed by atoms with Crippen LogP contribution in [0, 0.1) is 0 Å². The molecule has 0 spiro atoms. The predicted molar refractivity (Wildman–Crippen MR) is 73.5 cm³/mol. The maximum atomic E-state index is 5.84. The molecule has 17 heavy (non-hydrogen) atoms. The smallest absolute Gasteiger partial charge is 0.0626 e. The number of methoxy groups -OCH3 is 1. The standard InChI is InChI=1S/C14H31NO2/c1-8-15-12(11-17-13(2,3)4)9-10-14(5,6)16-7/h12,15H,8-11H2,1-7H3. The Morgan fingerprint density at radius 3 is 2.12 bits per heavy atom. The second-order valence-electron chi connectivity index (χ2n) is 6.18. The van der Waals surface area contributed by atoms with E-state index in [0.717, 1.165) is 26.0 Å². The SMILES string of the molecule is CCNC(CCC(C)(C)OC)COC(C)(C)C. The Morgan fingerprint density at radius 1 is 1.12 bits per heavy atom. The number of hydrogen-bond donors (Lipinski definition) is 1. The maximum absolute atomic E-state index is 5.84. The van der Waals surface area contributed by atoms with Gasteiger partial charge < -0.3 is 14.8 Å². The van der Waals surface area contributed by atoms with E-state index in [-0.39, 0.29) is 11.2 Å². The molecular formula is C14H31NO2. The lowest BCUT2D eigenvalue weighted by Gasteiger charge is -2.28. The van der Waals surface area contributed by atoms with Crippen molar-refractivity contribution < 1.29 is 9.47 Å². The first-order valence-electron chi connectivity index (χ1n) is 6.62. The van der Waals surface area contributed by atoms with Crippen LogP contribution < -0.4 is 5.32 Å².